The van der Waals surface area contributed by atoms with Gasteiger partial charge in [-0.15, -0.1) is 0 Å². The first kappa shape index (κ1) is 11.7. The van der Waals surface area contributed by atoms with E-state index in [4.69, 9.17) is 5.11 Å². The van der Waals surface area contributed by atoms with Gasteiger partial charge in [-0.1, -0.05) is 30.3 Å². The molecule has 1 aromatic rings. The molecule has 3 N–H and O–H groups in total. The minimum absolute atomic E-state index is 0.468. The second-order valence-corrected chi connectivity index (χ2v) is 3.37. The van der Waals surface area contributed by atoms with Crippen LogP contribution in [0.1, 0.15) is 5.56 Å². The summed E-state index contributed by atoms with van der Waals surface area (Å²) in [6.07, 6.45) is -0.889. The lowest BCUT2D eigenvalue weighted by Crippen LogP contribution is -2.44. The summed E-state index contributed by atoms with van der Waals surface area (Å²) in [5.41, 5.74) is 0.997. The van der Waals surface area contributed by atoms with Crippen LogP contribution in [-0.2, 0) is 11.2 Å². The third-order valence-corrected chi connectivity index (χ3v) is 2.30. The third-order valence-electron chi connectivity index (χ3n) is 2.30. The van der Waals surface area contributed by atoms with Gasteiger partial charge in [0.25, 0.3) is 0 Å². The Kier molecular flexibility index (Phi) is 4.27. The maximum absolute atomic E-state index is 10.6. The van der Waals surface area contributed by atoms with Gasteiger partial charge < -0.3 is 15.5 Å². The quantitative estimate of drug-likeness (QED) is 0.650. The van der Waals surface area contributed by atoms with E-state index in [0.29, 0.717) is 6.42 Å². The summed E-state index contributed by atoms with van der Waals surface area (Å²) in [4.78, 5) is 10.6. The van der Waals surface area contributed by atoms with Crippen LogP contribution in [0, 0.1) is 0 Å². The maximum Gasteiger partial charge on any atom is 0.334 e. The van der Waals surface area contributed by atoms with Gasteiger partial charge in [-0.25, -0.2) is 4.79 Å². The minimum Gasteiger partial charge on any atom is -0.479 e. The molecule has 4 nitrogen and oxygen atoms in total. The van der Waals surface area contributed by atoms with Gasteiger partial charge in [0.05, 0.1) is 0 Å². The summed E-state index contributed by atoms with van der Waals surface area (Å²) >= 11 is 0. The Balaban J connectivity index is 2.66. The van der Waals surface area contributed by atoms with E-state index in [1.165, 1.54) is 0 Å². The van der Waals surface area contributed by atoms with Crippen molar-refractivity contribution in [2.24, 2.45) is 0 Å². The van der Waals surface area contributed by atoms with Crippen LogP contribution in [0.2, 0.25) is 0 Å². The van der Waals surface area contributed by atoms with E-state index in [0.717, 1.165) is 5.56 Å². The molecule has 1 aromatic carbocycles. The Morgan fingerprint density at radius 1 is 1.40 bits per heavy atom. The Hall–Kier alpha value is -1.39. The number of hydrogen-bond acceptors (Lipinski definition) is 3. The van der Waals surface area contributed by atoms with Crippen molar-refractivity contribution < 1.29 is 15.0 Å². The topological polar surface area (TPSA) is 69.6 Å². The first-order valence-electron chi connectivity index (χ1n) is 4.77. The monoisotopic (exact) mass is 209 g/mol. The van der Waals surface area contributed by atoms with Crippen LogP contribution in [0.15, 0.2) is 30.3 Å². The summed E-state index contributed by atoms with van der Waals surface area (Å²) in [5.74, 6) is -1.20. The van der Waals surface area contributed by atoms with E-state index in [9.17, 15) is 9.90 Å². The van der Waals surface area contributed by atoms with E-state index < -0.39 is 18.1 Å². The molecule has 0 bridgehead atoms. The van der Waals surface area contributed by atoms with Gasteiger partial charge in [-0.3, -0.25) is 0 Å². The average Bonchev–Trinajstić information content (AvgIpc) is 2.26. The van der Waals surface area contributed by atoms with E-state index in [-0.39, 0.29) is 0 Å². The molecule has 82 valence electrons. The predicted octanol–water partition coefficient (Wildman–Crippen LogP) is 0.263. The Morgan fingerprint density at radius 3 is 2.47 bits per heavy atom. The molecule has 15 heavy (non-hydrogen) atoms. The second kappa shape index (κ2) is 5.48. The van der Waals surface area contributed by atoms with Crippen molar-refractivity contribution in [2.75, 3.05) is 7.05 Å². The lowest BCUT2D eigenvalue weighted by molar-refractivity contribution is -0.148. The highest BCUT2D eigenvalue weighted by atomic mass is 16.4. The van der Waals surface area contributed by atoms with Crippen molar-refractivity contribution in [3.05, 3.63) is 35.9 Å². The molecular formula is C11H15NO3. The van der Waals surface area contributed by atoms with Gasteiger partial charge in [0.1, 0.15) is 0 Å². The number of hydrogen-bond donors (Lipinski definition) is 3. The Bertz CT molecular complexity index is 313. The first-order valence-corrected chi connectivity index (χ1v) is 4.77. The molecule has 0 amide bonds. The molecule has 2 atom stereocenters. The van der Waals surface area contributed by atoms with Gasteiger partial charge in [0.2, 0.25) is 0 Å². The summed E-state index contributed by atoms with van der Waals surface area (Å²) in [5, 5.41) is 20.9. The minimum atomic E-state index is -1.38. The molecule has 1 rings (SSSR count). The van der Waals surface area contributed by atoms with Crippen LogP contribution >= 0.6 is 0 Å². The van der Waals surface area contributed by atoms with Crippen molar-refractivity contribution in [2.45, 2.75) is 18.6 Å². The van der Waals surface area contributed by atoms with Gasteiger partial charge >= 0.3 is 5.97 Å². The molecule has 0 heterocycles. The summed E-state index contributed by atoms with van der Waals surface area (Å²) in [6.45, 7) is 0. The summed E-state index contributed by atoms with van der Waals surface area (Å²) in [6, 6.07) is 9.00. The number of likely N-dealkylation sites (N-methyl/N-ethyl adjacent to an activating group) is 1. The fourth-order valence-electron chi connectivity index (χ4n) is 1.41. The molecule has 0 radical (unpaired) electrons. The Morgan fingerprint density at radius 2 is 2.00 bits per heavy atom. The maximum atomic E-state index is 10.6. The van der Waals surface area contributed by atoms with Gasteiger partial charge in [-0.05, 0) is 19.0 Å². The van der Waals surface area contributed by atoms with E-state index >= 15 is 0 Å². The van der Waals surface area contributed by atoms with Gasteiger partial charge in [-0.2, -0.15) is 0 Å². The van der Waals surface area contributed by atoms with Crippen molar-refractivity contribution in [3.8, 4) is 0 Å². The molecule has 0 saturated carbocycles. The van der Waals surface area contributed by atoms with Crippen molar-refractivity contribution in [1.82, 2.24) is 5.32 Å². The van der Waals surface area contributed by atoms with Crippen molar-refractivity contribution in [1.29, 1.82) is 0 Å². The zero-order chi connectivity index (χ0) is 11.3. The van der Waals surface area contributed by atoms with Crippen LogP contribution in [0.25, 0.3) is 0 Å². The number of nitrogens with one attached hydrogen (secondary N) is 1. The second-order valence-electron chi connectivity index (χ2n) is 3.37. The molecule has 0 aromatic heterocycles. The highest BCUT2D eigenvalue weighted by Crippen LogP contribution is 2.06. The van der Waals surface area contributed by atoms with Crippen LogP contribution in [0.5, 0.6) is 0 Å². The molecule has 0 aliphatic rings. The van der Waals surface area contributed by atoms with E-state index in [1.54, 1.807) is 7.05 Å². The SMILES string of the molecule is CN[C@@H](Cc1ccccc1)[C@@H](O)C(=O)O. The first-order chi connectivity index (χ1) is 7.15. The smallest absolute Gasteiger partial charge is 0.334 e. The van der Waals surface area contributed by atoms with Crippen molar-refractivity contribution >= 4 is 5.97 Å². The molecule has 4 heteroatoms. The molecule has 0 unspecified atom stereocenters. The fourth-order valence-corrected chi connectivity index (χ4v) is 1.41. The standard InChI is InChI=1S/C11H15NO3/c1-12-9(10(13)11(14)15)7-8-5-3-2-4-6-8/h2-6,9-10,12-13H,7H2,1H3,(H,14,15)/t9-,10+/m0/s1. The number of aliphatic hydroxyl groups excluding tert-OH is 1. The molecule has 0 spiro atoms. The van der Waals surface area contributed by atoms with Crippen molar-refractivity contribution in [3.63, 3.8) is 0 Å². The number of benzene rings is 1. The Labute approximate surface area is 88.6 Å². The third kappa shape index (κ3) is 3.34. The van der Waals surface area contributed by atoms with Gasteiger partial charge in [0.15, 0.2) is 6.10 Å². The summed E-state index contributed by atoms with van der Waals surface area (Å²) in [7, 11) is 1.64. The van der Waals surface area contributed by atoms with E-state index in [2.05, 4.69) is 5.32 Å². The lowest BCUT2D eigenvalue weighted by Gasteiger charge is -2.19. The molecule has 0 saturated heterocycles. The van der Waals surface area contributed by atoms with Gasteiger partial charge in [0, 0.05) is 6.04 Å². The number of carbonyl (C=O) groups is 1. The highest BCUT2D eigenvalue weighted by molar-refractivity contribution is 5.73. The van der Waals surface area contributed by atoms with Crippen LogP contribution in [0.4, 0.5) is 0 Å². The largest absolute Gasteiger partial charge is 0.479 e. The van der Waals surface area contributed by atoms with Crippen LogP contribution < -0.4 is 5.32 Å². The van der Waals surface area contributed by atoms with Crippen LogP contribution in [0.3, 0.4) is 0 Å². The van der Waals surface area contributed by atoms with E-state index in [1.807, 2.05) is 30.3 Å². The molecular weight excluding hydrogens is 194 g/mol. The zero-order valence-corrected chi connectivity index (χ0v) is 8.55. The molecule has 0 fully saturated rings. The molecule has 0 aliphatic heterocycles. The zero-order valence-electron chi connectivity index (χ0n) is 8.55. The number of carboxylic acid groups (broad SMARTS) is 1. The average molecular weight is 209 g/mol. The number of carboxylic acids is 1. The highest BCUT2D eigenvalue weighted by Gasteiger charge is 2.24. The number of aliphatic hydroxyl groups is 1. The number of rotatable bonds is 5. The normalized spacial score (nSPS) is 14.5. The summed E-state index contributed by atoms with van der Waals surface area (Å²) < 4.78 is 0. The fraction of sp³-hybridized carbons (Fsp3) is 0.364. The predicted molar refractivity (Wildman–Crippen MR) is 56.6 cm³/mol. The van der Waals surface area contributed by atoms with Crippen LogP contribution in [-0.4, -0.2) is 35.4 Å². The molecule has 0 aliphatic carbocycles. The lowest BCUT2D eigenvalue weighted by atomic mass is 10.0. The number of aliphatic carboxylic acids is 1.